The Hall–Kier alpha value is -0.320. The van der Waals surface area contributed by atoms with Crippen molar-refractivity contribution in [3.05, 3.63) is 0 Å². The number of methoxy groups -OCH3 is 1. The molecule has 1 fully saturated rings. The minimum absolute atomic E-state index is 0. The highest BCUT2D eigenvalue weighted by Crippen LogP contribution is 2.21. The molecule has 0 spiro atoms. The van der Waals surface area contributed by atoms with Gasteiger partial charge in [-0.25, -0.2) is 0 Å². The summed E-state index contributed by atoms with van der Waals surface area (Å²) in [5.41, 5.74) is 5.74. The van der Waals surface area contributed by atoms with Crippen molar-refractivity contribution in [3.8, 4) is 0 Å². The maximum Gasteiger partial charge on any atom is 0.306 e. The molecule has 4 nitrogen and oxygen atoms in total. The van der Waals surface area contributed by atoms with E-state index in [9.17, 15) is 4.79 Å². The van der Waals surface area contributed by atoms with E-state index in [0.717, 1.165) is 25.4 Å². The molecule has 0 aromatic heterocycles. The summed E-state index contributed by atoms with van der Waals surface area (Å²) in [6, 6.07) is 0.443. The molecule has 0 amide bonds. The molecule has 1 heterocycles. The van der Waals surface area contributed by atoms with Crippen LogP contribution in [0.5, 0.6) is 0 Å². The van der Waals surface area contributed by atoms with E-state index in [-0.39, 0.29) is 18.4 Å². The number of carbonyl (C=O) groups is 1. The number of hydrogen-bond acceptors (Lipinski definition) is 4. The Morgan fingerprint density at radius 2 is 2.25 bits per heavy atom. The minimum Gasteiger partial charge on any atom is -0.469 e. The van der Waals surface area contributed by atoms with Gasteiger partial charge >= 0.3 is 5.97 Å². The predicted octanol–water partition coefficient (Wildman–Crippen LogP) is 1.03. The number of carbonyl (C=O) groups excluding carboxylic acids is 1. The summed E-state index contributed by atoms with van der Waals surface area (Å²) in [6.45, 7) is 4.78. The van der Waals surface area contributed by atoms with Crippen LogP contribution in [0.4, 0.5) is 0 Å². The smallest absolute Gasteiger partial charge is 0.306 e. The van der Waals surface area contributed by atoms with Gasteiger partial charge < -0.3 is 10.5 Å². The molecule has 0 bridgehead atoms. The van der Waals surface area contributed by atoms with Gasteiger partial charge in [0.1, 0.15) is 0 Å². The third-order valence-electron chi connectivity index (χ3n) is 3.20. The second-order valence-corrected chi connectivity index (χ2v) is 4.38. The lowest BCUT2D eigenvalue weighted by Crippen LogP contribution is -2.46. The lowest BCUT2D eigenvalue weighted by atomic mass is 9.92. The van der Waals surface area contributed by atoms with Gasteiger partial charge in [0.05, 0.1) is 13.5 Å². The molecule has 96 valence electrons. The molecule has 1 rings (SSSR count). The van der Waals surface area contributed by atoms with Gasteiger partial charge in [-0.1, -0.05) is 6.92 Å². The molecule has 5 heteroatoms. The zero-order chi connectivity index (χ0) is 11.3. The fraction of sp³-hybridized carbons (Fsp3) is 0.909. The normalized spacial score (nSPS) is 25.9. The topological polar surface area (TPSA) is 55.6 Å². The van der Waals surface area contributed by atoms with E-state index in [1.165, 1.54) is 13.5 Å². The number of nitrogens with zero attached hydrogens (tertiary/aromatic N) is 1. The predicted molar refractivity (Wildman–Crippen MR) is 66.7 cm³/mol. The van der Waals surface area contributed by atoms with Crippen LogP contribution in [-0.4, -0.2) is 43.7 Å². The van der Waals surface area contributed by atoms with Crippen molar-refractivity contribution < 1.29 is 9.53 Å². The summed E-state index contributed by atoms with van der Waals surface area (Å²) >= 11 is 0. The van der Waals surface area contributed by atoms with Crippen LogP contribution in [0.1, 0.15) is 26.2 Å². The number of halogens is 1. The fourth-order valence-corrected chi connectivity index (χ4v) is 2.18. The standard InChI is InChI=1S/C11H22N2O2.ClH/c1-9-3-5-13(10(7-9)8-12)6-4-11(14)15-2;/h9-10H,3-8,12H2,1-2H3;1H. The first-order chi connectivity index (χ1) is 7.17. The van der Waals surface area contributed by atoms with E-state index >= 15 is 0 Å². The minimum atomic E-state index is -0.135. The number of nitrogens with two attached hydrogens (primary N) is 1. The molecule has 0 saturated carbocycles. The molecule has 1 aliphatic heterocycles. The van der Waals surface area contributed by atoms with Crippen molar-refractivity contribution >= 4 is 18.4 Å². The third-order valence-corrected chi connectivity index (χ3v) is 3.20. The number of piperidine rings is 1. The van der Waals surface area contributed by atoms with Gasteiger partial charge in [-0.2, -0.15) is 0 Å². The Bertz CT molecular complexity index is 214. The molecule has 0 radical (unpaired) electrons. The highest BCUT2D eigenvalue weighted by atomic mass is 35.5. The number of ether oxygens (including phenoxy) is 1. The molecule has 0 aromatic rings. The average molecular weight is 251 g/mol. The van der Waals surface area contributed by atoms with E-state index < -0.39 is 0 Å². The fourth-order valence-electron chi connectivity index (χ4n) is 2.18. The summed E-state index contributed by atoms with van der Waals surface area (Å²) in [5.74, 6) is 0.623. The molecule has 0 aliphatic carbocycles. The Labute approximate surface area is 104 Å². The number of likely N-dealkylation sites (tertiary alicyclic amines) is 1. The maximum atomic E-state index is 11.0. The SMILES string of the molecule is COC(=O)CCN1CCC(C)CC1CN.Cl. The van der Waals surface area contributed by atoms with Gasteiger partial charge in [-0.05, 0) is 25.3 Å². The Kier molecular flexibility index (Phi) is 7.72. The lowest BCUT2D eigenvalue weighted by Gasteiger charge is -2.37. The molecule has 1 aliphatic rings. The summed E-state index contributed by atoms with van der Waals surface area (Å²) in [5, 5.41) is 0. The maximum absolute atomic E-state index is 11.0. The number of rotatable bonds is 4. The quantitative estimate of drug-likeness (QED) is 0.758. The first-order valence-corrected chi connectivity index (χ1v) is 5.68. The highest BCUT2D eigenvalue weighted by molar-refractivity contribution is 5.85. The van der Waals surface area contributed by atoms with Gasteiger partial charge in [0.15, 0.2) is 0 Å². The van der Waals surface area contributed by atoms with Crippen molar-refractivity contribution in [1.29, 1.82) is 0 Å². The van der Waals surface area contributed by atoms with E-state index in [1.807, 2.05) is 0 Å². The zero-order valence-corrected chi connectivity index (χ0v) is 11.0. The average Bonchev–Trinajstić information content (AvgIpc) is 2.26. The van der Waals surface area contributed by atoms with Crippen molar-refractivity contribution in [1.82, 2.24) is 4.90 Å². The van der Waals surface area contributed by atoms with Crippen LogP contribution in [0.25, 0.3) is 0 Å². The summed E-state index contributed by atoms with van der Waals surface area (Å²) < 4.78 is 4.63. The molecule has 2 atom stereocenters. The van der Waals surface area contributed by atoms with E-state index in [1.54, 1.807) is 0 Å². The Morgan fingerprint density at radius 1 is 1.56 bits per heavy atom. The van der Waals surface area contributed by atoms with Crippen LogP contribution < -0.4 is 5.73 Å². The van der Waals surface area contributed by atoms with Gasteiger partial charge in [-0.15, -0.1) is 12.4 Å². The number of hydrogen-bond donors (Lipinski definition) is 1. The second kappa shape index (κ2) is 7.87. The molecule has 2 unspecified atom stereocenters. The molecule has 16 heavy (non-hydrogen) atoms. The monoisotopic (exact) mass is 250 g/mol. The van der Waals surface area contributed by atoms with Crippen molar-refractivity contribution in [2.24, 2.45) is 11.7 Å². The Balaban J connectivity index is 0.00000225. The van der Waals surface area contributed by atoms with Crippen LogP contribution in [0.2, 0.25) is 0 Å². The molecule has 2 N–H and O–H groups in total. The van der Waals surface area contributed by atoms with Crippen LogP contribution in [-0.2, 0) is 9.53 Å². The lowest BCUT2D eigenvalue weighted by molar-refractivity contribution is -0.141. The highest BCUT2D eigenvalue weighted by Gasteiger charge is 2.25. The zero-order valence-electron chi connectivity index (χ0n) is 10.1. The van der Waals surface area contributed by atoms with Gasteiger partial charge in [-0.3, -0.25) is 9.69 Å². The van der Waals surface area contributed by atoms with Crippen molar-refractivity contribution in [2.75, 3.05) is 26.7 Å². The summed E-state index contributed by atoms with van der Waals surface area (Å²) in [4.78, 5) is 13.4. The van der Waals surface area contributed by atoms with Crippen molar-refractivity contribution in [2.45, 2.75) is 32.2 Å². The molecule has 0 aromatic carbocycles. The molecular weight excluding hydrogens is 228 g/mol. The molecule has 1 saturated heterocycles. The van der Waals surface area contributed by atoms with Gasteiger partial charge in [0.25, 0.3) is 0 Å². The summed E-state index contributed by atoms with van der Waals surface area (Å²) in [6.07, 6.45) is 2.83. The van der Waals surface area contributed by atoms with Crippen LogP contribution in [0.15, 0.2) is 0 Å². The van der Waals surface area contributed by atoms with Crippen LogP contribution in [0.3, 0.4) is 0 Å². The number of esters is 1. The largest absolute Gasteiger partial charge is 0.469 e. The van der Waals surface area contributed by atoms with Gasteiger partial charge in [0, 0.05) is 19.1 Å². The van der Waals surface area contributed by atoms with Gasteiger partial charge in [0.2, 0.25) is 0 Å². The van der Waals surface area contributed by atoms with E-state index in [0.29, 0.717) is 19.0 Å². The van der Waals surface area contributed by atoms with E-state index in [4.69, 9.17) is 5.73 Å². The third kappa shape index (κ3) is 4.68. The van der Waals surface area contributed by atoms with Crippen molar-refractivity contribution in [3.63, 3.8) is 0 Å². The van der Waals surface area contributed by atoms with Crippen LogP contribution in [0, 0.1) is 5.92 Å². The summed E-state index contributed by atoms with van der Waals surface area (Å²) in [7, 11) is 1.43. The Morgan fingerprint density at radius 3 is 2.81 bits per heavy atom. The molecular formula is C11H23ClN2O2. The first-order valence-electron chi connectivity index (χ1n) is 5.68. The van der Waals surface area contributed by atoms with E-state index in [2.05, 4.69) is 16.6 Å². The second-order valence-electron chi connectivity index (χ2n) is 4.38. The van der Waals surface area contributed by atoms with Crippen LogP contribution >= 0.6 is 12.4 Å². The first kappa shape index (κ1) is 15.7.